The zero-order valence-corrected chi connectivity index (χ0v) is 18.5. The SMILES string of the molecule is CCOC(=O)[C@@H](N=C(c1ccccc1)c1ccccc1)[C@H](C)N[S+]([O-])C(C)(C)C. The molecule has 1 N–H and O–H groups in total. The Morgan fingerprint density at radius 2 is 1.55 bits per heavy atom. The zero-order chi connectivity index (χ0) is 21.4. The van der Waals surface area contributed by atoms with Crippen molar-refractivity contribution in [1.29, 1.82) is 0 Å². The Hall–Kier alpha value is -2.15. The molecular formula is C23H30N2O3S. The smallest absolute Gasteiger partial charge is 0.332 e. The Morgan fingerprint density at radius 3 is 1.97 bits per heavy atom. The molecule has 0 heterocycles. The minimum atomic E-state index is -1.34. The molecule has 0 bridgehead atoms. The van der Waals surface area contributed by atoms with Crippen LogP contribution < -0.4 is 4.72 Å². The maximum Gasteiger partial charge on any atom is 0.332 e. The summed E-state index contributed by atoms with van der Waals surface area (Å²) in [4.78, 5) is 17.6. The van der Waals surface area contributed by atoms with E-state index in [1.54, 1.807) is 6.92 Å². The summed E-state index contributed by atoms with van der Waals surface area (Å²) in [6, 6.07) is 18.1. The van der Waals surface area contributed by atoms with Crippen LogP contribution in [0.25, 0.3) is 0 Å². The van der Waals surface area contributed by atoms with Gasteiger partial charge in [0.25, 0.3) is 0 Å². The third kappa shape index (κ3) is 6.70. The van der Waals surface area contributed by atoms with E-state index in [1.807, 2.05) is 88.4 Å². The third-order valence-electron chi connectivity index (χ3n) is 4.21. The van der Waals surface area contributed by atoms with Gasteiger partial charge >= 0.3 is 5.97 Å². The summed E-state index contributed by atoms with van der Waals surface area (Å²) in [6.07, 6.45) is 0. The minimum Gasteiger partial charge on any atom is -0.598 e. The van der Waals surface area contributed by atoms with E-state index >= 15 is 0 Å². The highest BCUT2D eigenvalue weighted by molar-refractivity contribution is 7.90. The molecule has 2 rings (SSSR count). The van der Waals surface area contributed by atoms with E-state index in [9.17, 15) is 9.35 Å². The van der Waals surface area contributed by atoms with E-state index < -0.39 is 34.2 Å². The van der Waals surface area contributed by atoms with Gasteiger partial charge in [-0.3, -0.25) is 4.99 Å². The normalized spacial score (nSPS) is 14.6. The third-order valence-corrected chi connectivity index (χ3v) is 5.91. The van der Waals surface area contributed by atoms with Crippen LogP contribution in [0.1, 0.15) is 45.7 Å². The largest absolute Gasteiger partial charge is 0.598 e. The lowest BCUT2D eigenvalue weighted by Gasteiger charge is -2.28. The molecule has 156 valence electrons. The van der Waals surface area contributed by atoms with Crippen molar-refractivity contribution < 1.29 is 14.1 Å². The van der Waals surface area contributed by atoms with Gasteiger partial charge < -0.3 is 9.29 Å². The van der Waals surface area contributed by atoms with Crippen molar-refractivity contribution in [1.82, 2.24) is 4.72 Å². The molecule has 2 aromatic rings. The predicted molar refractivity (Wildman–Crippen MR) is 119 cm³/mol. The van der Waals surface area contributed by atoms with Crippen molar-refractivity contribution in [3.8, 4) is 0 Å². The summed E-state index contributed by atoms with van der Waals surface area (Å²) in [5.74, 6) is -0.442. The fourth-order valence-electron chi connectivity index (χ4n) is 2.65. The average molecular weight is 415 g/mol. The monoisotopic (exact) mass is 414 g/mol. The minimum absolute atomic E-state index is 0.256. The lowest BCUT2D eigenvalue weighted by Crippen LogP contribution is -2.50. The van der Waals surface area contributed by atoms with Gasteiger partial charge in [-0.05, 0) is 34.6 Å². The molecule has 29 heavy (non-hydrogen) atoms. The molecule has 0 aromatic heterocycles. The zero-order valence-electron chi connectivity index (χ0n) is 17.7. The summed E-state index contributed by atoms with van der Waals surface area (Å²) in [7, 11) is 0. The van der Waals surface area contributed by atoms with Crippen LogP contribution in [0.15, 0.2) is 65.7 Å². The number of carbonyl (C=O) groups is 1. The first kappa shape index (κ1) is 23.1. The topological polar surface area (TPSA) is 73.8 Å². The Kier molecular flexibility index (Phi) is 8.44. The molecule has 1 unspecified atom stereocenters. The van der Waals surface area contributed by atoms with E-state index in [2.05, 4.69) is 4.72 Å². The molecule has 0 aliphatic heterocycles. The summed E-state index contributed by atoms with van der Waals surface area (Å²) >= 11 is -1.34. The molecule has 0 amide bonds. The van der Waals surface area contributed by atoms with E-state index in [0.29, 0.717) is 5.71 Å². The molecule has 6 heteroatoms. The summed E-state index contributed by atoms with van der Waals surface area (Å²) in [6.45, 7) is 9.47. The summed E-state index contributed by atoms with van der Waals surface area (Å²) in [5, 5.41) is 0. The number of nitrogens with one attached hydrogen (secondary N) is 1. The highest BCUT2D eigenvalue weighted by Crippen LogP contribution is 2.18. The summed E-state index contributed by atoms with van der Waals surface area (Å²) in [5.41, 5.74) is 2.49. The molecule has 0 saturated carbocycles. The maximum atomic E-state index is 12.7. The number of hydrogen-bond acceptors (Lipinski definition) is 5. The van der Waals surface area contributed by atoms with Crippen LogP contribution in [0.5, 0.6) is 0 Å². The fourth-order valence-corrected chi connectivity index (χ4v) is 3.47. The predicted octanol–water partition coefficient (Wildman–Crippen LogP) is 3.90. The Morgan fingerprint density at radius 1 is 1.07 bits per heavy atom. The standard InChI is InChI=1S/C23H30N2O3S/c1-6-28-22(26)20(17(2)25-29(27)23(3,4)5)24-21(18-13-9-7-10-14-18)19-15-11-8-12-16-19/h7-17,20,25H,6H2,1-5H3/t17-,20-,29?/m0/s1. The van der Waals surface area contributed by atoms with E-state index in [4.69, 9.17) is 9.73 Å². The molecule has 0 saturated heterocycles. The van der Waals surface area contributed by atoms with Gasteiger partial charge in [0.05, 0.1) is 18.4 Å². The Balaban J connectivity index is 2.48. The fraction of sp³-hybridized carbons (Fsp3) is 0.391. The van der Waals surface area contributed by atoms with Crippen LogP contribution in [0.2, 0.25) is 0 Å². The van der Waals surface area contributed by atoms with Crippen molar-refractivity contribution in [2.45, 2.75) is 51.4 Å². The number of ether oxygens (including phenoxy) is 1. The van der Waals surface area contributed by atoms with Crippen molar-refractivity contribution in [3.05, 3.63) is 71.8 Å². The van der Waals surface area contributed by atoms with Gasteiger partial charge in [0, 0.05) is 22.5 Å². The molecule has 5 nitrogen and oxygen atoms in total. The van der Waals surface area contributed by atoms with Crippen molar-refractivity contribution in [3.63, 3.8) is 0 Å². The van der Waals surface area contributed by atoms with Gasteiger partial charge in [0.1, 0.15) is 4.75 Å². The second kappa shape index (κ2) is 10.6. The molecule has 0 radical (unpaired) electrons. The lowest BCUT2D eigenvalue weighted by molar-refractivity contribution is -0.145. The van der Waals surface area contributed by atoms with Crippen LogP contribution in [0.3, 0.4) is 0 Å². The van der Waals surface area contributed by atoms with Gasteiger partial charge in [-0.1, -0.05) is 60.7 Å². The highest BCUT2D eigenvalue weighted by atomic mass is 32.2. The highest BCUT2D eigenvalue weighted by Gasteiger charge is 2.34. The second-order valence-corrected chi connectivity index (χ2v) is 9.69. The van der Waals surface area contributed by atoms with Crippen molar-refractivity contribution in [2.75, 3.05) is 6.61 Å². The lowest BCUT2D eigenvalue weighted by atomic mass is 10.0. The van der Waals surface area contributed by atoms with E-state index in [-0.39, 0.29) is 6.61 Å². The molecule has 3 atom stereocenters. The average Bonchev–Trinajstić information content (AvgIpc) is 2.69. The van der Waals surface area contributed by atoms with Gasteiger partial charge in [-0.25, -0.2) is 4.79 Å². The van der Waals surface area contributed by atoms with Gasteiger partial charge in [0.15, 0.2) is 6.04 Å². The van der Waals surface area contributed by atoms with Crippen LogP contribution in [-0.4, -0.2) is 39.7 Å². The first-order valence-corrected chi connectivity index (χ1v) is 10.9. The molecular weight excluding hydrogens is 384 g/mol. The maximum absolute atomic E-state index is 12.7. The Bertz CT molecular complexity index is 762. The number of hydrogen-bond donors (Lipinski definition) is 1. The van der Waals surface area contributed by atoms with Crippen molar-refractivity contribution >= 4 is 23.0 Å². The van der Waals surface area contributed by atoms with Crippen LogP contribution in [-0.2, 0) is 20.9 Å². The first-order chi connectivity index (χ1) is 13.7. The second-order valence-electron chi connectivity index (χ2n) is 7.69. The Labute approximate surface area is 176 Å². The number of esters is 1. The van der Waals surface area contributed by atoms with Crippen LogP contribution >= 0.6 is 0 Å². The molecule has 0 aliphatic carbocycles. The van der Waals surface area contributed by atoms with Crippen LogP contribution in [0, 0.1) is 0 Å². The molecule has 0 spiro atoms. The molecule has 2 aromatic carbocycles. The van der Waals surface area contributed by atoms with Gasteiger partial charge in [-0.15, -0.1) is 4.72 Å². The number of rotatable bonds is 8. The number of aliphatic imine (C=N–C) groups is 1. The number of benzene rings is 2. The van der Waals surface area contributed by atoms with Gasteiger partial charge in [0.2, 0.25) is 0 Å². The van der Waals surface area contributed by atoms with E-state index in [1.165, 1.54) is 0 Å². The summed E-state index contributed by atoms with van der Waals surface area (Å²) < 4.78 is 20.4. The van der Waals surface area contributed by atoms with Crippen molar-refractivity contribution in [2.24, 2.45) is 4.99 Å². The van der Waals surface area contributed by atoms with Crippen LogP contribution in [0.4, 0.5) is 0 Å². The number of carbonyl (C=O) groups excluding carboxylic acids is 1. The quantitative estimate of drug-likeness (QED) is 0.404. The first-order valence-electron chi connectivity index (χ1n) is 9.77. The van der Waals surface area contributed by atoms with Gasteiger partial charge in [-0.2, -0.15) is 0 Å². The molecule has 0 fully saturated rings. The molecule has 0 aliphatic rings. The van der Waals surface area contributed by atoms with E-state index in [0.717, 1.165) is 11.1 Å². The number of nitrogens with zero attached hydrogens (tertiary/aromatic N) is 1.